The van der Waals surface area contributed by atoms with Gasteiger partial charge in [-0.25, -0.2) is 0 Å². The summed E-state index contributed by atoms with van der Waals surface area (Å²) in [6, 6.07) is 2.47. The smallest absolute Gasteiger partial charge is 0.0264 e. The molecule has 3 atom stereocenters. The van der Waals surface area contributed by atoms with E-state index >= 15 is 0 Å². The molecule has 3 saturated heterocycles. The van der Waals surface area contributed by atoms with Crippen LogP contribution in [0.2, 0.25) is 0 Å². The van der Waals surface area contributed by atoms with Gasteiger partial charge in [-0.2, -0.15) is 0 Å². The Kier molecular flexibility index (Phi) is 4.78. The average molecular weight is 265 g/mol. The maximum Gasteiger partial charge on any atom is 0.0264 e. The van der Waals surface area contributed by atoms with Crippen molar-refractivity contribution in [1.29, 1.82) is 0 Å². The molecule has 3 aliphatic heterocycles. The lowest BCUT2D eigenvalue weighted by atomic mass is 9.96. The highest BCUT2D eigenvalue weighted by Gasteiger charge is 2.38. The topological polar surface area (TPSA) is 18.5 Å². The zero-order valence-electron chi connectivity index (χ0n) is 12.6. The Hall–Kier alpha value is -0.120. The predicted octanol–water partition coefficient (Wildman–Crippen LogP) is 2.08. The van der Waals surface area contributed by atoms with Crippen LogP contribution in [0.3, 0.4) is 0 Å². The second-order valence-corrected chi connectivity index (χ2v) is 6.69. The number of piperidine rings is 2. The van der Waals surface area contributed by atoms with Crippen molar-refractivity contribution in [2.45, 2.75) is 70.0 Å². The molecular formula is C16H31N3. The van der Waals surface area contributed by atoms with Crippen LogP contribution in [0, 0.1) is 0 Å². The molecule has 0 radical (unpaired) electrons. The molecule has 0 spiro atoms. The summed E-state index contributed by atoms with van der Waals surface area (Å²) >= 11 is 0. The molecule has 3 nitrogen and oxygen atoms in total. The third-order valence-corrected chi connectivity index (χ3v) is 5.56. The second kappa shape index (κ2) is 6.55. The molecule has 0 amide bonds. The molecule has 3 fully saturated rings. The molecule has 3 heteroatoms. The lowest BCUT2D eigenvalue weighted by Gasteiger charge is -2.39. The van der Waals surface area contributed by atoms with Crippen LogP contribution in [-0.2, 0) is 0 Å². The Labute approximate surface area is 118 Å². The standard InChI is InChI=1S/C16H31N3/c1-2-18(13-14-7-3-5-10-17-14)16-9-12-19-11-6-4-8-15(16)19/h14-17H,2-13H2,1H3. The lowest BCUT2D eigenvalue weighted by Crippen LogP contribution is -2.51. The summed E-state index contributed by atoms with van der Waals surface area (Å²) in [4.78, 5) is 5.56. The molecule has 0 aromatic carbocycles. The molecule has 0 aromatic heterocycles. The molecule has 0 aliphatic carbocycles. The van der Waals surface area contributed by atoms with E-state index in [0.717, 1.165) is 18.1 Å². The molecule has 3 rings (SSSR count). The molecular weight excluding hydrogens is 234 g/mol. The third kappa shape index (κ3) is 3.14. The Morgan fingerprint density at radius 1 is 1.05 bits per heavy atom. The number of hydrogen-bond donors (Lipinski definition) is 1. The Morgan fingerprint density at radius 2 is 1.95 bits per heavy atom. The van der Waals surface area contributed by atoms with Gasteiger partial charge in [-0.15, -0.1) is 0 Å². The van der Waals surface area contributed by atoms with E-state index in [1.807, 2.05) is 0 Å². The SMILES string of the molecule is CCN(CC1CCCCN1)C1CCN2CCCCC12. The average Bonchev–Trinajstić information content (AvgIpc) is 2.90. The van der Waals surface area contributed by atoms with Gasteiger partial charge in [0.2, 0.25) is 0 Å². The van der Waals surface area contributed by atoms with E-state index in [2.05, 4.69) is 22.0 Å². The van der Waals surface area contributed by atoms with Gasteiger partial charge in [-0.3, -0.25) is 9.80 Å². The zero-order chi connectivity index (χ0) is 13.1. The van der Waals surface area contributed by atoms with Gasteiger partial charge >= 0.3 is 0 Å². The first-order valence-corrected chi connectivity index (χ1v) is 8.60. The van der Waals surface area contributed by atoms with Crippen LogP contribution in [0.4, 0.5) is 0 Å². The van der Waals surface area contributed by atoms with E-state index in [4.69, 9.17) is 0 Å². The van der Waals surface area contributed by atoms with Crippen molar-refractivity contribution in [1.82, 2.24) is 15.1 Å². The summed E-state index contributed by atoms with van der Waals surface area (Å²) in [5.41, 5.74) is 0. The van der Waals surface area contributed by atoms with E-state index in [1.165, 1.54) is 77.7 Å². The normalized spacial score (nSPS) is 36.6. The Morgan fingerprint density at radius 3 is 2.74 bits per heavy atom. The minimum Gasteiger partial charge on any atom is -0.313 e. The van der Waals surface area contributed by atoms with Gasteiger partial charge in [0, 0.05) is 31.2 Å². The van der Waals surface area contributed by atoms with Gasteiger partial charge in [0.15, 0.2) is 0 Å². The van der Waals surface area contributed by atoms with Crippen LogP contribution < -0.4 is 5.32 Å². The first kappa shape index (κ1) is 13.8. The van der Waals surface area contributed by atoms with Crippen LogP contribution in [0.25, 0.3) is 0 Å². The number of nitrogens with zero attached hydrogens (tertiary/aromatic N) is 2. The number of nitrogens with one attached hydrogen (secondary N) is 1. The van der Waals surface area contributed by atoms with Crippen molar-refractivity contribution in [2.24, 2.45) is 0 Å². The first-order valence-electron chi connectivity index (χ1n) is 8.60. The van der Waals surface area contributed by atoms with Crippen LogP contribution in [-0.4, -0.2) is 60.6 Å². The summed E-state index contributed by atoms with van der Waals surface area (Å²) in [6.07, 6.45) is 9.93. The number of likely N-dealkylation sites (N-methyl/N-ethyl adjacent to an activating group) is 1. The fraction of sp³-hybridized carbons (Fsp3) is 1.00. The van der Waals surface area contributed by atoms with Gasteiger partial charge in [-0.1, -0.05) is 19.8 Å². The van der Waals surface area contributed by atoms with Crippen LogP contribution in [0.1, 0.15) is 51.9 Å². The van der Waals surface area contributed by atoms with Crippen molar-refractivity contribution in [3.05, 3.63) is 0 Å². The lowest BCUT2D eigenvalue weighted by molar-refractivity contribution is 0.106. The first-order chi connectivity index (χ1) is 9.38. The van der Waals surface area contributed by atoms with Gasteiger partial charge < -0.3 is 5.32 Å². The highest BCUT2D eigenvalue weighted by Crippen LogP contribution is 2.30. The molecule has 110 valence electrons. The van der Waals surface area contributed by atoms with Crippen molar-refractivity contribution < 1.29 is 0 Å². The van der Waals surface area contributed by atoms with Crippen molar-refractivity contribution in [2.75, 3.05) is 32.7 Å². The van der Waals surface area contributed by atoms with E-state index in [0.29, 0.717) is 0 Å². The van der Waals surface area contributed by atoms with Crippen LogP contribution in [0.5, 0.6) is 0 Å². The fourth-order valence-electron chi connectivity index (χ4n) is 4.51. The van der Waals surface area contributed by atoms with Crippen molar-refractivity contribution in [3.63, 3.8) is 0 Å². The number of rotatable bonds is 4. The van der Waals surface area contributed by atoms with Gasteiger partial charge in [-0.05, 0) is 51.7 Å². The van der Waals surface area contributed by atoms with Crippen LogP contribution >= 0.6 is 0 Å². The third-order valence-electron chi connectivity index (χ3n) is 5.56. The quantitative estimate of drug-likeness (QED) is 0.839. The molecule has 1 N–H and O–H groups in total. The van der Waals surface area contributed by atoms with E-state index in [9.17, 15) is 0 Å². The summed E-state index contributed by atoms with van der Waals surface area (Å²) in [5.74, 6) is 0. The minimum absolute atomic E-state index is 0.756. The number of fused-ring (bicyclic) bond motifs is 1. The summed E-state index contributed by atoms with van der Waals surface area (Å²) < 4.78 is 0. The number of hydrogen-bond acceptors (Lipinski definition) is 3. The van der Waals surface area contributed by atoms with E-state index in [-0.39, 0.29) is 0 Å². The molecule has 19 heavy (non-hydrogen) atoms. The maximum absolute atomic E-state index is 3.72. The molecule has 3 heterocycles. The highest BCUT2D eigenvalue weighted by atomic mass is 15.3. The summed E-state index contributed by atoms with van der Waals surface area (Å²) in [6.45, 7) is 8.82. The van der Waals surface area contributed by atoms with Gasteiger partial charge in [0.1, 0.15) is 0 Å². The molecule has 0 saturated carbocycles. The van der Waals surface area contributed by atoms with E-state index in [1.54, 1.807) is 0 Å². The monoisotopic (exact) mass is 265 g/mol. The predicted molar refractivity (Wildman–Crippen MR) is 80.5 cm³/mol. The minimum atomic E-state index is 0.756. The molecule has 0 bridgehead atoms. The van der Waals surface area contributed by atoms with E-state index < -0.39 is 0 Å². The maximum atomic E-state index is 3.72. The largest absolute Gasteiger partial charge is 0.313 e. The van der Waals surface area contributed by atoms with Gasteiger partial charge in [0.25, 0.3) is 0 Å². The molecule has 3 unspecified atom stereocenters. The fourth-order valence-corrected chi connectivity index (χ4v) is 4.51. The van der Waals surface area contributed by atoms with Crippen molar-refractivity contribution in [3.8, 4) is 0 Å². The summed E-state index contributed by atoms with van der Waals surface area (Å²) in [5, 5.41) is 3.72. The second-order valence-electron chi connectivity index (χ2n) is 6.69. The molecule has 0 aromatic rings. The van der Waals surface area contributed by atoms with Gasteiger partial charge in [0.05, 0.1) is 0 Å². The highest BCUT2D eigenvalue weighted by molar-refractivity contribution is 4.96. The summed E-state index contributed by atoms with van der Waals surface area (Å²) in [7, 11) is 0. The van der Waals surface area contributed by atoms with Crippen LogP contribution in [0.15, 0.2) is 0 Å². The Balaban J connectivity index is 1.58. The Bertz CT molecular complexity index is 275. The zero-order valence-corrected chi connectivity index (χ0v) is 12.6. The van der Waals surface area contributed by atoms with Crippen molar-refractivity contribution >= 4 is 0 Å². The molecule has 3 aliphatic rings.